The van der Waals surface area contributed by atoms with E-state index in [1.165, 1.54) is 19.6 Å². The van der Waals surface area contributed by atoms with E-state index in [9.17, 15) is 9.59 Å². The second-order valence-electron chi connectivity index (χ2n) is 10.0. The molecule has 0 unspecified atom stereocenters. The predicted molar refractivity (Wildman–Crippen MR) is 144 cm³/mol. The van der Waals surface area contributed by atoms with Crippen LogP contribution in [0.25, 0.3) is 6.08 Å². The Kier molecular flexibility index (Phi) is 8.61. The molecule has 1 fully saturated rings. The van der Waals surface area contributed by atoms with Crippen LogP contribution >= 0.6 is 0 Å². The van der Waals surface area contributed by atoms with E-state index in [4.69, 9.17) is 24.1 Å². The van der Waals surface area contributed by atoms with Crippen LogP contribution < -0.4 is 18.9 Å². The lowest BCUT2D eigenvalue weighted by molar-refractivity contribution is -0.126. The molecule has 0 atom stereocenters. The molecule has 1 saturated heterocycles. The lowest BCUT2D eigenvalue weighted by atomic mass is 9.92. The van der Waals surface area contributed by atoms with Crippen LogP contribution in [-0.4, -0.2) is 54.5 Å². The number of carbonyl (C=O) groups excluding carboxylic acids is 1. The zero-order valence-corrected chi connectivity index (χ0v) is 22.2. The number of piperidine rings is 1. The van der Waals surface area contributed by atoms with Crippen molar-refractivity contribution in [3.05, 3.63) is 65.3 Å². The van der Waals surface area contributed by atoms with Crippen LogP contribution in [0.3, 0.4) is 0 Å². The number of fused-ring (bicyclic) bond motifs is 2. The van der Waals surface area contributed by atoms with Crippen LogP contribution in [0.15, 0.2) is 48.6 Å². The highest BCUT2D eigenvalue weighted by Crippen LogP contribution is 2.40. The first-order chi connectivity index (χ1) is 18.3. The second-order valence-corrected chi connectivity index (χ2v) is 10.0. The van der Waals surface area contributed by atoms with Gasteiger partial charge >= 0.3 is 5.97 Å². The van der Waals surface area contributed by atoms with Gasteiger partial charge < -0.3 is 29.0 Å². The number of carbonyl (C=O) groups is 2. The molecule has 1 amide bonds. The number of hydrogen-bond donors (Lipinski definition) is 1. The molecule has 0 radical (unpaired) electrons. The Morgan fingerprint density at radius 2 is 1.74 bits per heavy atom. The summed E-state index contributed by atoms with van der Waals surface area (Å²) in [7, 11) is 1.49. The smallest absolute Gasteiger partial charge is 0.339 e. The van der Waals surface area contributed by atoms with Crippen LogP contribution in [0.1, 0.15) is 61.0 Å². The largest absolute Gasteiger partial charge is 0.495 e. The third-order valence-corrected chi connectivity index (χ3v) is 6.72. The number of benzene rings is 2. The maximum Gasteiger partial charge on any atom is 0.339 e. The Balaban J connectivity index is 0.000000181. The number of aromatic carboxylic acids is 1. The molecule has 2 aromatic carbocycles. The Labute approximate surface area is 223 Å². The minimum Gasteiger partial charge on any atom is -0.495 e. The van der Waals surface area contributed by atoms with Crippen molar-refractivity contribution in [2.24, 2.45) is 0 Å². The molecule has 0 spiro atoms. The van der Waals surface area contributed by atoms with E-state index in [1.54, 1.807) is 18.2 Å². The molecule has 3 aliphatic rings. The fraction of sp³-hybridized carbons (Fsp3) is 0.400. The number of allylic oxidation sites excluding steroid dienone is 2. The first-order valence-electron chi connectivity index (χ1n) is 12.9. The number of amides is 1. The van der Waals surface area contributed by atoms with Gasteiger partial charge in [0.25, 0.3) is 0 Å². The summed E-state index contributed by atoms with van der Waals surface area (Å²) < 4.78 is 21.6. The summed E-state index contributed by atoms with van der Waals surface area (Å²) in [5.74, 6) is 1.82. The Bertz CT molecular complexity index is 1230. The molecule has 38 heavy (non-hydrogen) atoms. The van der Waals surface area contributed by atoms with Crippen LogP contribution in [0.5, 0.6) is 23.0 Å². The number of hydrogen-bond acceptors (Lipinski definition) is 6. The standard InChI is InChI=1S/C17H19NO3.C13H16O4/c19-17(18-10-4-1-5-11-18)7-3-2-6-14-8-9-15-16(12-14)21-13-20-15;1-13(2)7-6-8-10(17-13)5-4-9(12(14)15)11(8)16-3/h2-3,6-9,12H,1,4-5,10-11,13H2;4-5H,6-7H2,1-3H3,(H,14,15). The van der Waals surface area contributed by atoms with E-state index in [0.717, 1.165) is 67.1 Å². The quantitative estimate of drug-likeness (QED) is 0.410. The van der Waals surface area contributed by atoms with Crippen LogP contribution in [0.4, 0.5) is 0 Å². The number of carboxylic acid groups (broad SMARTS) is 1. The number of ether oxygens (including phenoxy) is 4. The zero-order chi connectivity index (χ0) is 27.1. The van der Waals surface area contributed by atoms with Gasteiger partial charge in [-0.15, -0.1) is 0 Å². The molecular weight excluding hydrogens is 486 g/mol. The summed E-state index contributed by atoms with van der Waals surface area (Å²) in [6, 6.07) is 9.03. The Hall–Kier alpha value is -3.94. The average Bonchev–Trinajstić information content (AvgIpc) is 3.38. The number of nitrogens with zero attached hydrogens (tertiary/aromatic N) is 1. The van der Waals surface area contributed by atoms with Crippen molar-refractivity contribution in [2.75, 3.05) is 27.0 Å². The van der Waals surface area contributed by atoms with Crippen molar-refractivity contribution in [3.63, 3.8) is 0 Å². The molecule has 202 valence electrons. The fourth-order valence-electron chi connectivity index (χ4n) is 4.66. The molecule has 5 rings (SSSR count). The molecule has 2 aromatic rings. The van der Waals surface area contributed by atoms with E-state index >= 15 is 0 Å². The predicted octanol–water partition coefficient (Wildman–Crippen LogP) is 5.49. The molecule has 8 nitrogen and oxygen atoms in total. The Morgan fingerprint density at radius 1 is 1.00 bits per heavy atom. The van der Waals surface area contributed by atoms with Gasteiger partial charge in [0, 0.05) is 24.7 Å². The number of rotatable bonds is 5. The summed E-state index contributed by atoms with van der Waals surface area (Å²) in [4.78, 5) is 24.9. The van der Waals surface area contributed by atoms with Gasteiger partial charge in [-0.1, -0.05) is 24.3 Å². The average molecular weight is 522 g/mol. The molecule has 0 aliphatic carbocycles. The monoisotopic (exact) mass is 521 g/mol. The van der Waals surface area contributed by atoms with Crippen LogP contribution in [-0.2, 0) is 11.2 Å². The fourth-order valence-corrected chi connectivity index (χ4v) is 4.66. The molecule has 0 aromatic heterocycles. The number of methoxy groups -OCH3 is 1. The highest BCUT2D eigenvalue weighted by Gasteiger charge is 2.30. The molecular formula is C30H35NO7. The Morgan fingerprint density at radius 3 is 2.47 bits per heavy atom. The highest BCUT2D eigenvalue weighted by molar-refractivity contribution is 5.92. The summed E-state index contributed by atoms with van der Waals surface area (Å²) in [5, 5.41) is 9.08. The van der Waals surface area contributed by atoms with Gasteiger partial charge in [0.2, 0.25) is 12.7 Å². The van der Waals surface area contributed by atoms with Crippen molar-refractivity contribution in [3.8, 4) is 23.0 Å². The van der Waals surface area contributed by atoms with Crippen molar-refractivity contribution in [1.29, 1.82) is 0 Å². The van der Waals surface area contributed by atoms with E-state index < -0.39 is 5.97 Å². The van der Waals surface area contributed by atoms with Gasteiger partial charge in [0.15, 0.2) is 11.5 Å². The highest BCUT2D eigenvalue weighted by atomic mass is 16.7. The van der Waals surface area contributed by atoms with Crippen molar-refractivity contribution in [1.82, 2.24) is 4.90 Å². The first kappa shape index (κ1) is 27.1. The van der Waals surface area contributed by atoms with Gasteiger partial charge in [0.1, 0.15) is 22.7 Å². The van der Waals surface area contributed by atoms with E-state index in [0.29, 0.717) is 5.75 Å². The van der Waals surface area contributed by atoms with Crippen molar-refractivity contribution < 1.29 is 33.6 Å². The first-order valence-corrected chi connectivity index (χ1v) is 12.9. The summed E-state index contributed by atoms with van der Waals surface area (Å²) in [5.41, 5.74) is 1.86. The topological polar surface area (TPSA) is 94.5 Å². The molecule has 3 heterocycles. The van der Waals surface area contributed by atoms with Crippen LogP contribution in [0.2, 0.25) is 0 Å². The zero-order valence-electron chi connectivity index (χ0n) is 22.2. The van der Waals surface area contributed by atoms with E-state index in [-0.39, 0.29) is 23.9 Å². The van der Waals surface area contributed by atoms with Gasteiger partial charge in [-0.2, -0.15) is 0 Å². The molecule has 3 aliphatic heterocycles. The molecule has 0 bridgehead atoms. The normalized spacial score (nSPS) is 17.4. The SMILES string of the molecule is COc1c(C(=O)O)ccc2c1CCC(C)(C)O2.O=C(C=CC=Cc1ccc2c(c1)OCO2)N1CCCCC1. The minimum absolute atomic E-state index is 0.102. The van der Waals surface area contributed by atoms with Crippen LogP contribution in [0, 0.1) is 0 Å². The summed E-state index contributed by atoms with van der Waals surface area (Å²) in [6.45, 7) is 6.10. The molecule has 1 N–H and O–H groups in total. The van der Waals surface area contributed by atoms with E-state index in [2.05, 4.69) is 0 Å². The van der Waals surface area contributed by atoms with Crippen molar-refractivity contribution in [2.45, 2.75) is 51.6 Å². The maximum absolute atomic E-state index is 11.9. The van der Waals surface area contributed by atoms with Gasteiger partial charge in [-0.05, 0) is 75.8 Å². The minimum atomic E-state index is -0.977. The molecule has 0 saturated carbocycles. The third kappa shape index (κ3) is 6.68. The van der Waals surface area contributed by atoms with Gasteiger partial charge in [0.05, 0.1) is 7.11 Å². The maximum atomic E-state index is 11.9. The summed E-state index contributed by atoms with van der Waals surface area (Å²) in [6.07, 6.45) is 12.3. The lowest BCUT2D eigenvalue weighted by Gasteiger charge is -2.33. The van der Waals surface area contributed by atoms with E-state index in [1.807, 2.05) is 49.1 Å². The lowest BCUT2D eigenvalue weighted by Crippen LogP contribution is -2.34. The molecule has 8 heteroatoms. The van der Waals surface area contributed by atoms with Gasteiger partial charge in [-0.3, -0.25) is 4.79 Å². The number of likely N-dealkylation sites (tertiary alicyclic amines) is 1. The third-order valence-electron chi connectivity index (χ3n) is 6.72. The number of carboxylic acids is 1. The van der Waals surface area contributed by atoms with Gasteiger partial charge in [-0.25, -0.2) is 4.79 Å². The van der Waals surface area contributed by atoms with Crippen molar-refractivity contribution >= 4 is 18.0 Å². The second kappa shape index (κ2) is 12.1. The summed E-state index contributed by atoms with van der Waals surface area (Å²) >= 11 is 0.